The summed E-state index contributed by atoms with van der Waals surface area (Å²) >= 11 is 6.51. The Hall–Kier alpha value is -3.98. The fourth-order valence-corrected chi connectivity index (χ4v) is 4.79. The van der Waals surface area contributed by atoms with Crippen LogP contribution in [0.1, 0.15) is 37.9 Å². The molecule has 0 saturated carbocycles. The van der Waals surface area contributed by atoms with E-state index in [1.165, 1.54) is 0 Å². The lowest BCUT2D eigenvalue weighted by atomic mass is 9.96. The van der Waals surface area contributed by atoms with Crippen LogP contribution in [-0.2, 0) is 19.5 Å². The summed E-state index contributed by atoms with van der Waals surface area (Å²) in [6, 6.07) is 11.7. The Labute approximate surface area is 213 Å². The molecule has 5 rings (SSSR count). The molecule has 0 spiro atoms. The van der Waals surface area contributed by atoms with Crippen molar-refractivity contribution >= 4 is 11.6 Å². The highest BCUT2D eigenvalue weighted by Crippen LogP contribution is 2.32. The van der Waals surface area contributed by atoms with Crippen molar-refractivity contribution < 1.29 is 0 Å². The lowest BCUT2D eigenvalue weighted by molar-refractivity contribution is 0.665. The van der Waals surface area contributed by atoms with Gasteiger partial charge in [-0.25, -0.2) is 9.89 Å². The Balaban J connectivity index is 1.62. The number of imidazole rings is 1. The maximum absolute atomic E-state index is 13.8. The predicted octanol–water partition coefficient (Wildman–Crippen LogP) is 4.75. The summed E-state index contributed by atoms with van der Waals surface area (Å²) in [7, 11) is 0. The number of aryl methyl sites for hydroxylation is 2. The second-order valence-corrected chi connectivity index (χ2v) is 8.97. The molecule has 4 heterocycles. The topological polar surface area (TPSA) is 99.2 Å². The van der Waals surface area contributed by atoms with Gasteiger partial charge in [-0.15, -0.1) is 5.10 Å². The zero-order chi connectivity index (χ0) is 25.1. The van der Waals surface area contributed by atoms with Gasteiger partial charge in [0.25, 0.3) is 0 Å². The standard InChI is InChI=1S/C26H27ClN8O/c1-3-5-8-19-17-35(25-23(27)12-14-33(25)4-2)26(36)34(19)16-18-15-28-13-11-20(18)21-9-6-7-10-22(21)24-29-31-32-30-24/h6-7,9-15,17H,3-5,8,16H2,1-2H3,(H,29,30,31,32). The molecule has 1 aromatic carbocycles. The second-order valence-electron chi connectivity index (χ2n) is 8.56. The van der Waals surface area contributed by atoms with Crippen molar-refractivity contribution in [1.29, 1.82) is 0 Å². The van der Waals surface area contributed by atoms with Crippen LogP contribution < -0.4 is 5.69 Å². The molecule has 0 unspecified atom stereocenters. The molecule has 0 radical (unpaired) electrons. The Bertz CT molecular complexity index is 1530. The summed E-state index contributed by atoms with van der Waals surface area (Å²) < 4.78 is 5.48. The average molecular weight is 503 g/mol. The van der Waals surface area contributed by atoms with Crippen molar-refractivity contribution in [1.82, 2.24) is 39.3 Å². The Morgan fingerprint density at radius 1 is 1.06 bits per heavy atom. The third kappa shape index (κ3) is 4.37. The molecule has 0 atom stereocenters. The van der Waals surface area contributed by atoms with Crippen LogP contribution in [0.5, 0.6) is 0 Å². The Morgan fingerprint density at radius 2 is 1.89 bits per heavy atom. The summed E-state index contributed by atoms with van der Waals surface area (Å²) in [4.78, 5) is 18.2. The number of nitrogens with zero attached hydrogens (tertiary/aromatic N) is 7. The van der Waals surface area contributed by atoms with Crippen molar-refractivity contribution in [3.05, 3.63) is 87.9 Å². The van der Waals surface area contributed by atoms with Crippen LogP contribution in [0.4, 0.5) is 0 Å². The largest absolute Gasteiger partial charge is 0.334 e. The van der Waals surface area contributed by atoms with Crippen LogP contribution in [0, 0.1) is 0 Å². The lowest BCUT2D eigenvalue weighted by Crippen LogP contribution is -2.26. The van der Waals surface area contributed by atoms with E-state index in [2.05, 4.69) is 32.5 Å². The molecule has 36 heavy (non-hydrogen) atoms. The van der Waals surface area contributed by atoms with Gasteiger partial charge in [-0.05, 0) is 59.0 Å². The third-order valence-electron chi connectivity index (χ3n) is 6.35. The number of H-pyrrole nitrogens is 1. The normalized spacial score (nSPS) is 11.3. The number of unbranched alkanes of at least 4 members (excludes halogenated alkanes) is 1. The van der Waals surface area contributed by atoms with Crippen LogP contribution in [-0.4, -0.2) is 39.3 Å². The average Bonchev–Trinajstić information content (AvgIpc) is 3.64. The highest BCUT2D eigenvalue weighted by molar-refractivity contribution is 6.32. The molecule has 0 aliphatic heterocycles. The van der Waals surface area contributed by atoms with Crippen molar-refractivity contribution in [3.63, 3.8) is 0 Å². The highest BCUT2D eigenvalue weighted by atomic mass is 35.5. The van der Waals surface area contributed by atoms with E-state index < -0.39 is 0 Å². The summed E-state index contributed by atoms with van der Waals surface area (Å²) in [6.07, 6.45) is 10.2. The molecule has 0 aliphatic rings. The van der Waals surface area contributed by atoms with Crippen molar-refractivity contribution in [2.75, 3.05) is 0 Å². The van der Waals surface area contributed by atoms with Gasteiger partial charge in [-0.3, -0.25) is 14.1 Å². The molecular weight excluding hydrogens is 476 g/mol. The predicted molar refractivity (Wildman–Crippen MR) is 139 cm³/mol. The number of benzene rings is 1. The highest BCUT2D eigenvalue weighted by Gasteiger charge is 2.20. The van der Waals surface area contributed by atoms with E-state index in [1.807, 2.05) is 71.0 Å². The van der Waals surface area contributed by atoms with Gasteiger partial charge in [0.1, 0.15) is 5.82 Å². The van der Waals surface area contributed by atoms with Crippen LogP contribution in [0.15, 0.2) is 66.0 Å². The van der Waals surface area contributed by atoms with Gasteiger partial charge in [0.2, 0.25) is 0 Å². The zero-order valence-corrected chi connectivity index (χ0v) is 21.0. The van der Waals surface area contributed by atoms with Crippen molar-refractivity contribution in [2.24, 2.45) is 0 Å². The number of aromatic amines is 1. The molecule has 10 heteroatoms. The minimum absolute atomic E-state index is 0.126. The maximum Gasteiger partial charge on any atom is 0.334 e. The van der Waals surface area contributed by atoms with E-state index in [4.69, 9.17) is 11.6 Å². The Kier molecular flexibility index (Phi) is 6.81. The smallest absolute Gasteiger partial charge is 0.333 e. The molecule has 184 valence electrons. The van der Waals surface area contributed by atoms with Gasteiger partial charge >= 0.3 is 5.69 Å². The van der Waals surface area contributed by atoms with Crippen molar-refractivity contribution in [2.45, 2.75) is 46.2 Å². The molecular formula is C26H27ClN8O. The number of pyridine rings is 1. The molecule has 0 bridgehead atoms. The SMILES string of the molecule is CCCCc1cn(-c2c(Cl)ccn2CC)c(=O)n1Cc1cnccc1-c1ccccc1-c1nnn[nH]1. The molecule has 0 aliphatic carbocycles. The minimum atomic E-state index is -0.126. The van der Waals surface area contributed by atoms with Gasteiger partial charge in [-0.1, -0.05) is 49.2 Å². The van der Waals surface area contributed by atoms with Crippen LogP contribution in [0.3, 0.4) is 0 Å². The Morgan fingerprint density at radius 3 is 2.64 bits per heavy atom. The summed E-state index contributed by atoms with van der Waals surface area (Å²) in [5, 5.41) is 15.0. The van der Waals surface area contributed by atoms with E-state index in [9.17, 15) is 4.79 Å². The molecule has 4 aromatic heterocycles. The van der Waals surface area contributed by atoms with E-state index >= 15 is 0 Å². The molecule has 1 N–H and O–H groups in total. The van der Waals surface area contributed by atoms with E-state index in [0.29, 0.717) is 29.8 Å². The van der Waals surface area contributed by atoms with E-state index in [0.717, 1.165) is 47.2 Å². The van der Waals surface area contributed by atoms with Crippen molar-refractivity contribution in [3.8, 4) is 28.3 Å². The zero-order valence-electron chi connectivity index (χ0n) is 20.2. The van der Waals surface area contributed by atoms with Gasteiger partial charge in [0.15, 0.2) is 5.82 Å². The first kappa shape index (κ1) is 23.7. The fraction of sp³-hybridized carbons (Fsp3) is 0.269. The molecule has 0 saturated heterocycles. The summed E-state index contributed by atoms with van der Waals surface area (Å²) in [5.74, 6) is 1.27. The number of rotatable bonds is 9. The maximum atomic E-state index is 13.8. The lowest BCUT2D eigenvalue weighted by Gasteiger charge is -2.14. The van der Waals surface area contributed by atoms with Crippen LogP contribution >= 0.6 is 11.6 Å². The monoisotopic (exact) mass is 502 g/mol. The number of tetrazole rings is 1. The number of hydrogen-bond donors (Lipinski definition) is 1. The first-order chi connectivity index (χ1) is 17.6. The number of aromatic nitrogens is 8. The number of halogens is 1. The summed E-state index contributed by atoms with van der Waals surface area (Å²) in [6.45, 7) is 5.27. The van der Waals surface area contributed by atoms with Crippen LogP contribution in [0.25, 0.3) is 28.3 Å². The molecule has 5 aromatic rings. The second kappa shape index (κ2) is 10.3. The molecule has 0 amide bonds. The van der Waals surface area contributed by atoms with E-state index in [-0.39, 0.29) is 5.69 Å². The minimum Gasteiger partial charge on any atom is -0.333 e. The number of hydrogen-bond acceptors (Lipinski definition) is 5. The summed E-state index contributed by atoms with van der Waals surface area (Å²) in [5.41, 5.74) is 4.56. The van der Waals surface area contributed by atoms with Gasteiger partial charge in [0.05, 0.1) is 11.6 Å². The molecule has 0 fully saturated rings. The van der Waals surface area contributed by atoms with Gasteiger partial charge in [0, 0.05) is 42.6 Å². The van der Waals surface area contributed by atoms with Gasteiger partial charge < -0.3 is 4.57 Å². The van der Waals surface area contributed by atoms with Gasteiger partial charge in [-0.2, -0.15) is 0 Å². The fourth-order valence-electron chi connectivity index (χ4n) is 4.54. The molecule has 9 nitrogen and oxygen atoms in total. The van der Waals surface area contributed by atoms with Crippen LogP contribution in [0.2, 0.25) is 5.02 Å². The van der Waals surface area contributed by atoms with E-state index in [1.54, 1.807) is 10.8 Å². The first-order valence-corrected chi connectivity index (χ1v) is 12.4. The number of nitrogens with one attached hydrogen (secondary N) is 1. The first-order valence-electron chi connectivity index (χ1n) is 12.0. The quantitative estimate of drug-likeness (QED) is 0.313. The third-order valence-corrected chi connectivity index (χ3v) is 6.65.